The average Bonchev–Trinajstić information content (AvgIpc) is 2.15. The van der Waals surface area contributed by atoms with Gasteiger partial charge in [-0.1, -0.05) is 0 Å². The number of rotatable bonds is 2. The highest BCUT2D eigenvalue weighted by atomic mass is 19.1. The van der Waals surface area contributed by atoms with E-state index in [0.29, 0.717) is 19.5 Å². The van der Waals surface area contributed by atoms with Gasteiger partial charge in [-0.15, -0.1) is 0 Å². The van der Waals surface area contributed by atoms with Gasteiger partial charge in [0.15, 0.2) is 0 Å². The van der Waals surface area contributed by atoms with Crippen molar-refractivity contribution in [1.29, 1.82) is 0 Å². The van der Waals surface area contributed by atoms with E-state index in [-0.39, 0.29) is 0 Å². The molecule has 0 saturated carbocycles. The molecule has 0 bridgehead atoms. The van der Waals surface area contributed by atoms with Gasteiger partial charge in [0.1, 0.15) is 11.5 Å². The van der Waals surface area contributed by atoms with Gasteiger partial charge in [-0.3, -0.25) is 4.90 Å². The summed E-state index contributed by atoms with van der Waals surface area (Å²) in [6.45, 7) is 5.71. The van der Waals surface area contributed by atoms with Crippen LogP contribution in [0, 0.1) is 6.92 Å². The van der Waals surface area contributed by atoms with Crippen molar-refractivity contribution in [2.24, 2.45) is 0 Å². The van der Waals surface area contributed by atoms with Crippen LogP contribution in [-0.2, 0) is 6.54 Å². The monoisotopic (exact) mass is 223 g/mol. The van der Waals surface area contributed by atoms with Crippen molar-refractivity contribution in [3.8, 4) is 0 Å². The molecule has 1 aromatic rings. The molecular weight excluding hydrogens is 205 g/mol. The molecule has 0 radical (unpaired) electrons. The Morgan fingerprint density at radius 3 is 3.06 bits per heavy atom. The lowest BCUT2D eigenvalue weighted by Crippen LogP contribution is -2.43. The number of likely N-dealkylation sites (tertiary alicyclic amines) is 1. The predicted octanol–water partition coefficient (Wildman–Crippen LogP) is 2.11. The zero-order valence-corrected chi connectivity index (χ0v) is 9.91. The summed E-state index contributed by atoms with van der Waals surface area (Å²) in [5, 5.41) is 0. The third-order valence-electron chi connectivity index (χ3n) is 2.94. The molecule has 3 nitrogen and oxygen atoms in total. The van der Waals surface area contributed by atoms with E-state index in [9.17, 15) is 4.39 Å². The Bertz CT molecular complexity index is 365. The maximum Gasteiger partial charge on any atom is 0.142 e. The first-order valence-electron chi connectivity index (χ1n) is 5.75. The number of piperidine rings is 1. The largest absolute Gasteiger partial charge is 0.293 e. The van der Waals surface area contributed by atoms with Gasteiger partial charge < -0.3 is 0 Å². The molecule has 1 unspecified atom stereocenters. The second-order valence-electron chi connectivity index (χ2n) is 4.84. The quantitative estimate of drug-likeness (QED) is 0.769. The number of halogens is 1. The van der Waals surface area contributed by atoms with Crippen LogP contribution in [0.5, 0.6) is 0 Å². The van der Waals surface area contributed by atoms with Crippen LogP contribution < -0.4 is 0 Å². The van der Waals surface area contributed by atoms with Crippen molar-refractivity contribution in [1.82, 2.24) is 14.9 Å². The fraction of sp³-hybridized carbons (Fsp3) is 0.667. The van der Waals surface area contributed by atoms with Gasteiger partial charge in [0.05, 0.1) is 6.54 Å². The Labute approximate surface area is 95.7 Å². The highest BCUT2D eigenvalue weighted by Crippen LogP contribution is 2.24. The van der Waals surface area contributed by atoms with Crippen molar-refractivity contribution < 1.29 is 4.39 Å². The zero-order chi connectivity index (χ0) is 11.6. The first-order valence-corrected chi connectivity index (χ1v) is 5.75. The summed E-state index contributed by atoms with van der Waals surface area (Å²) >= 11 is 0. The predicted molar refractivity (Wildman–Crippen MR) is 60.8 cm³/mol. The van der Waals surface area contributed by atoms with Crippen LogP contribution in [0.1, 0.15) is 31.3 Å². The minimum atomic E-state index is -1.05. The highest BCUT2D eigenvalue weighted by Gasteiger charge is 2.30. The Kier molecular flexibility index (Phi) is 3.19. The number of alkyl halides is 1. The van der Waals surface area contributed by atoms with E-state index in [1.54, 1.807) is 13.1 Å². The summed E-state index contributed by atoms with van der Waals surface area (Å²) in [5.41, 5.74) is -0.0905. The lowest BCUT2D eigenvalue weighted by Gasteiger charge is -2.34. The molecule has 2 rings (SSSR count). The normalized spacial score (nSPS) is 26.9. The molecule has 0 aliphatic carbocycles. The molecule has 16 heavy (non-hydrogen) atoms. The molecule has 1 fully saturated rings. The zero-order valence-electron chi connectivity index (χ0n) is 9.91. The minimum absolute atomic E-state index is 0.490. The van der Waals surface area contributed by atoms with E-state index < -0.39 is 5.67 Å². The van der Waals surface area contributed by atoms with Crippen LogP contribution in [0.25, 0.3) is 0 Å². The Balaban J connectivity index is 1.99. The third kappa shape index (κ3) is 2.98. The van der Waals surface area contributed by atoms with E-state index in [0.717, 1.165) is 24.5 Å². The van der Waals surface area contributed by atoms with Crippen LogP contribution in [0.15, 0.2) is 12.3 Å². The fourth-order valence-corrected chi connectivity index (χ4v) is 2.21. The van der Waals surface area contributed by atoms with Gasteiger partial charge in [-0.05, 0) is 39.3 Å². The van der Waals surface area contributed by atoms with E-state index in [1.165, 1.54) is 0 Å². The molecule has 2 heterocycles. The Morgan fingerprint density at radius 2 is 2.38 bits per heavy atom. The molecule has 0 N–H and O–H groups in total. The first kappa shape index (κ1) is 11.5. The summed E-state index contributed by atoms with van der Waals surface area (Å²) in [6.07, 6.45) is 3.34. The number of hydrogen-bond acceptors (Lipinski definition) is 3. The van der Waals surface area contributed by atoms with Gasteiger partial charge in [-0.2, -0.15) is 0 Å². The van der Waals surface area contributed by atoms with Crippen molar-refractivity contribution in [2.75, 3.05) is 13.1 Å². The molecule has 1 aliphatic rings. The van der Waals surface area contributed by atoms with Crippen LogP contribution >= 0.6 is 0 Å². The van der Waals surface area contributed by atoms with E-state index in [4.69, 9.17) is 0 Å². The summed E-state index contributed by atoms with van der Waals surface area (Å²) in [5.74, 6) is 0.790. The number of hydrogen-bond donors (Lipinski definition) is 0. The second kappa shape index (κ2) is 4.45. The molecule has 1 atom stereocenters. The average molecular weight is 223 g/mol. The maximum atomic E-state index is 13.8. The SMILES string of the molecule is Cc1ccnc(CN2CCCC(C)(F)C2)n1. The molecule has 88 valence electrons. The van der Waals surface area contributed by atoms with Crippen LogP contribution in [0.4, 0.5) is 4.39 Å². The summed E-state index contributed by atoms with van der Waals surface area (Å²) in [7, 11) is 0. The van der Waals surface area contributed by atoms with Crippen LogP contribution in [0.2, 0.25) is 0 Å². The second-order valence-corrected chi connectivity index (χ2v) is 4.84. The van der Waals surface area contributed by atoms with Gasteiger partial charge in [0.25, 0.3) is 0 Å². The van der Waals surface area contributed by atoms with Gasteiger partial charge >= 0.3 is 0 Å². The summed E-state index contributed by atoms with van der Waals surface area (Å²) < 4.78 is 13.8. The minimum Gasteiger partial charge on any atom is -0.293 e. The van der Waals surface area contributed by atoms with E-state index in [2.05, 4.69) is 14.9 Å². The number of aryl methyl sites for hydroxylation is 1. The molecule has 0 aromatic carbocycles. The topological polar surface area (TPSA) is 29.0 Å². The van der Waals surface area contributed by atoms with E-state index in [1.807, 2.05) is 13.0 Å². The molecular formula is C12H18FN3. The van der Waals surface area contributed by atoms with Gasteiger partial charge in [-0.25, -0.2) is 14.4 Å². The van der Waals surface area contributed by atoms with Crippen molar-refractivity contribution in [3.63, 3.8) is 0 Å². The molecule has 4 heteroatoms. The number of aromatic nitrogens is 2. The molecule has 0 spiro atoms. The van der Waals surface area contributed by atoms with Gasteiger partial charge in [0.2, 0.25) is 0 Å². The Hall–Kier alpha value is -1.03. The van der Waals surface area contributed by atoms with Crippen LogP contribution in [0.3, 0.4) is 0 Å². The van der Waals surface area contributed by atoms with Crippen LogP contribution in [-0.4, -0.2) is 33.6 Å². The van der Waals surface area contributed by atoms with Crippen molar-refractivity contribution >= 4 is 0 Å². The fourth-order valence-electron chi connectivity index (χ4n) is 2.21. The number of nitrogens with zero attached hydrogens (tertiary/aromatic N) is 3. The van der Waals surface area contributed by atoms with Crippen molar-refractivity contribution in [2.45, 2.75) is 38.9 Å². The lowest BCUT2D eigenvalue weighted by atomic mass is 9.97. The smallest absolute Gasteiger partial charge is 0.142 e. The highest BCUT2D eigenvalue weighted by molar-refractivity contribution is 5.00. The first-order chi connectivity index (χ1) is 7.55. The molecule has 1 saturated heterocycles. The van der Waals surface area contributed by atoms with Crippen molar-refractivity contribution in [3.05, 3.63) is 23.8 Å². The lowest BCUT2D eigenvalue weighted by molar-refractivity contribution is 0.0549. The molecule has 1 aromatic heterocycles. The van der Waals surface area contributed by atoms with E-state index >= 15 is 0 Å². The Morgan fingerprint density at radius 1 is 1.56 bits per heavy atom. The maximum absolute atomic E-state index is 13.8. The molecule has 1 aliphatic heterocycles. The summed E-state index contributed by atoms with van der Waals surface area (Å²) in [6, 6.07) is 1.87. The van der Waals surface area contributed by atoms with Gasteiger partial charge in [0, 0.05) is 18.4 Å². The molecule has 0 amide bonds. The third-order valence-corrected chi connectivity index (χ3v) is 2.94. The standard InChI is InChI=1S/C12H18FN3/c1-10-4-6-14-11(15-10)8-16-7-3-5-12(2,13)9-16/h4,6H,3,5,7-9H2,1-2H3. The summed E-state index contributed by atoms with van der Waals surface area (Å²) in [4.78, 5) is 10.6.